The number of nitrogens with zero attached hydrogens (tertiary/aromatic N) is 5. The predicted octanol–water partition coefficient (Wildman–Crippen LogP) is 3.37. The molecular formula is C23H25N5O3. The van der Waals surface area contributed by atoms with Crippen LogP contribution in [0.15, 0.2) is 47.1 Å². The number of rotatable bonds is 6. The van der Waals surface area contributed by atoms with Gasteiger partial charge in [-0.25, -0.2) is 4.98 Å². The van der Waals surface area contributed by atoms with Gasteiger partial charge in [0.1, 0.15) is 11.6 Å². The highest BCUT2D eigenvalue weighted by Gasteiger charge is 2.30. The Labute approximate surface area is 180 Å². The Morgan fingerprint density at radius 1 is 1.13 bits per heavy atom. The fourth-order valence-corrected chi connectivity index (χ4v) is 3.79. The number of carbonyl (C=O) groups is 1. The van der Waals surface area contributed by atoms with E-state index in [-0.39, 0.29) is 5.91 Å². The fraction of sp³-hybridized carbons (Fsp3) is 0.391. The summed E-state index contributed by atoms with van der Waals surface area (Å²) in [4.78, 5) is 26.1. The average molecular weight is 419 g/mol. The summed E-state index contributed by atoms with van der Waals surface area (Å²) in [5.74, 6) is 3.29. The highest BCUT2D eigenvalue weighted by atomic mass is 16.5. The maximum Gasteiger partial charge on any atom is 0.257 e. The maximum absolute atomic E-state index is 13.0. The van der Waals surface area contributed by atoms with Gasteiger partial charge in [0.25, 0.3) is 5.91 Å². The van der Waals surface area contributed by atoms with Crippen molar-refractivity contribution in [2.45, 2.75) is 25.7 Å². The van der Waals surface area contributed by atoms with Crippen LogP contribution in [0.1, 0.15) is 41.9 Å². The van der Waals surface area contributed by atoms with Crippen LogP contribution in [-0.4, -0.2) is 58.7 Å². The number of benzene rings is 1. The minimum Gasteiger partial charge on any atom is -0.493 e. The first kappa shape index (κ1) is 19.5. The van der Waals surface area contributed by atoms with Crippen molar-refractivity contribution in [1.82, 2.24) is 20.0 Å². The highest BCUT2D eigenvalue weighted by molar-refractivity contribution is 5.97. The molecule has 0 spiro atoms. The fourth-order valence-electron chi connectivity index (χ4n) is 3.79. The van der Waals surface area contributed by atoms with Crippen molar-refractivity contribution in [3.05, 3.63) is 54.0 Å². The van der Waals surface area contributed by atoms with Crippen LogP contribution in [0.25, 0.3) is 11.4 Å². The molecule has 0 bridgehead atoms. The summed E-state index contributed by atoms with van der Waals surface area (Å²) in [7, 11) is 0. The van der Waals surface area contributed by atoms with Gasteiger partial charge in [0, 0.05) is 43.9 Å². The molecule has 3 heterocycles. The number of hydrogen-bond acceptors (Lipinski definition) is 7. The minimum atomic E-state index is 0.00980. The number of para-hydroxylation sites is 1. The molecule has 3 aromatic rings. The zero-order valence-corrected chi connectivity index (χ0v) is 17.5. The third-order valence-electron chi connectivity index (χ3n) is 5.68. The summed E-state index contributed by atoms with van der Waals surface area (Å²) in [6.07, 6.45) is 4.04. The third kappa shape index (κ3) is 4.10. The number of amides is 1. The highest BCUT2D eigenvalue weighted by Crippen LogP contribution is 2.39. The van der Waals surface area contributed by atoms with Crippen molar-refractivity contribution in [3.8, 4) is 17.1 Å². The second-order valence-corrected chi connectivity index (χ2v) is 7.84. The Kier molecular flexibility index (Phi) is 5.28. The van der Waals surface area contributed by atoms with Crippen molar-refractivity contribution in [1.29, 1.82) is 0 Å². The van der Waals surface area contributed by atoms with Crippen LogP contribution in [0.3, 0.4) is 0 Å². The van der Waals surface area contributed by atoms with E-state index in [2.05, 4.69) is 20.0 Å². The molecule has 2 aliphatic rings. The molecule has 0 radical (unpaired) electrons. The zero-order chi connectivity index (χ0) is 21.2. The van der Waals surface area contributed by atoms with Crippen LogP contribution < -0.4 is 9.64 Å². The molecule has 1 aliphatic carbocycles. The molecule has 0 unspecified atom stereocenters. The van der Waals surface area contributed by atoms with Crippen LogP contribution in [0.5, 0.6) is 5.75 Å². The largest absolute Gasteiger partial charge is 0.493 e. The Balaban J connectivity index is 1.21. The van der Waals surface area contributed by atoms with Crippen molar-refractivity contribution >= 4 is 11.7 Å². The second kappa shape index (κ2) is 8.37. The monoisotopic (exact) mass is 419 g/mol. The van der Waals surface area contributed by atoms with Gasteiger partial charge in [-0.3, -0.25) is 4.79 Å². The lowest BCUT2D eigenvalue weighted by molar-refractivity contribution is 0.0742. The van der Waals surface area contributed by atoms with E-state index in [1.54, 1.807) is 6.20 Å². The number of carbonyl (C=O) groups excluding carboxylic acids is 1. The van der Waals surface area contributed by atoms with Crippen molar-refractivity contribution < 1.29 is 14.1 Å². The number of anilines is 1. The third-order valence-corrected chi connectivity index (χ3v) is 5.68. The van der Waals surface area contributed by atoms with Gasteiger partial charge >= 0.3 is 0 Å². The number of piperazine rings is 1. The van der Waals surface area contributed by atoms with Crippen molar-refractivity contribution in [2.24, 2.45) is 0 Å². The van der Waals surface area contributed by atoms with Gasteiger partial charge in [-0.1, -0.05) is 17.3 Å². The number of pyridine rings is 1. The molecule has 0 N–H and O–H groups in total. The SMILES string of the molecule is CCOc1ccccc1C(=O)N1CCN(c2ccc(-c3noc(C4CC4)n3)cn2)CC1. The van der Waals surface area contributed by atoms with E-state index in [1.807, 2.05) is 48.2 Å². The standard InChI is InChI=1S/C23H25N5O3/c1-2-30-19-6-4-3-5-18(19)23(29)28-13-11-27(12-14-28)20-10-9-17(15-24-20)21-25-22(31-26-21)16-7-8-16/h3-6,9-10,15-16H,2,7-8,11-14H2,1H3. The summed E-state index contributed by atoms with van der Waals surface area (Å²) < 4.78 is 11.0. The maximum atomic E-state index is 13.0. The van der Waals surface area contributed by atoms with Crippen LogP contribution in [0.2, 0.25) is 0 Å². The van der Waals surface area contributed by atoms with E-state index in [0.29, 0.717) is 42.8 Å². The number of ether oxygens (including phenoxy) is 1. The topological polar surface area (TPSA) is 84.6 Å². The molecule has 8 heteroatoms. The number of aromatic nitrogens is 3. The van der Waals surface area contributed by atoms with E-state index in [4.69, 9.17) is 9.26 Å². The summed E-state index contributed by atoms with van der Waals surface area (Å²) in [6.45, 7) is 5.18. The van der Waals surface area contributed by atoms with Crippen LogP contribution in [0, 0.1) is 0 Å². The molecule has 8 nitrogen and oxygen atoms in total. The van der Waals surface area contributed by atoms with E-state index in [9.17, 15) is 4.79 Å². The summed E-state index contributed by atoms with van der Waals surface area (Å²) in [6, 6.07) is 11.4. The van der Waals surface area contributed by atoms with E-state index < -0.39 is 0 Å². The molecule has 1 saturated carbocycles. The molecule has 1 amide bonds. The zero-order valence-electron chi connectivity index (χ0n) is 17.5. The van der Waals surface area contributed by atoms with E-state index >= 15 is 0 Å². The van der Waals surface area contributed by atoms with Gasteiger partial charge in [0.2, 0.25) is 11.7 Å². The second-order valence-electron chi connectivity index (χ2n) is 7.84. The molecule has 1 aromatic carbocycles. The molecule has 1 saturated heterocycles. The van der Waals surface area contributed by atoms with Crippen LogP contribution in [0.4, 0.5) is 5.82 Å². The Bertz CT molecular complexity index is 1050. The summed E-state index contributed by atoms with van der Waals surface area (Å²) >= 11 is 0. The lowest BCUT2D eigenvalue weighted by Gasteiger charge is -2.35. The smallest absolute Gasteiger partial charge is 0.257 e. The molecule has 2 aromatic heterocycles. The van der Waals surface area contributed by atoms with Gasteiger partial charge in [-0.05, 0) is 44.0 Å². The molecular weight excluding hydrogens is 394 g/mol. The first-order valence-electron chi connectivity index (χ1n) is 10.8. The molecule has 1 aliphatic heterocycles. The molecule has 0 atom stereocenters. The average Bonchev–Trinajstić information content (AvgIpc) is 3.56. The van der Waals surface area contributed by atoms with E-state index in [0.717, 1.165) is 43.2 Å². The Morgan fingerprint density at radius 2 is 1.94 bits per heavy atom. The van der Waals surface area contributed by atoms with Crippen LogP contribution in [-0.2, 0) is 0 Å². The Hall–Kier alpha value is -3.42. The summed E-state index contributed by atoms with van der Waals surface area (Å²) in [5.41, 5.74) is 1.46. The van der Waals surface area contributed by atoms with Gasteiger partial charge in [0.05, 0.1) is 12.2 Å². The quantitative estimate of drug-likeness (QED) is 0.606. The van der Waals surface area contributed by atoms with Crippen molar-refractivity contribution in [2.75, 3.05) is 37.7 Å². The van der Waals surface area contributed by atoms with Gasteiger partial charge in [-0.15, -0.1) is 0 Å². The predicted molar refractivity (Wildman–Crippen MR) is 115 cm³/mol. The Morgan fingerprint density at radius 3 is 2.65 bits per heavy atom. The number of hydrogen-bond donors (Lipinski definition) is 0. The summed E-state index contributed by atoms with van der Waals surface area (Å²) in [5, 5.41) is 4.07. The minimum absolute atomic E-state index is 0.00980. The molecule has 160 valence electrons. The van der Waals surface area contributed by atoms with Crippen LogP contribution >= 0.6 is 0 Å². The molecule has 2 fully saturated rings. The first-order chi connectivity index (χ1) is 15.2. The normalized spacial score (nSPS) is 16.4. The van der Waals surface area contributed by atoms with Crippen molar-refractivity contribution in [3.63, 3.8) is 0 Å². The van der Waals surface area contributed by atoms with Gasteiger partial charge in [-0.2, -0.15) is 4.98 Å². The van der Waals surface area contributed by atoms with E-state index in [1.165, 1.54) is 0 Å². The molecule has 31 heavy (non-hydrogen) atoms. The molecule has 5 rings (SSSR count). The lowest BCUT2D eigenvalue weighted by atomic mass is 10.1. The van der Waals surface area contributed by atoms with Gasteiger partial charge < -0.3 is 19.1 Å². The lowest BCUT2D eigenvalue weighted by Crippen LogP contribution is -2.49. The van der Waals surface area contributed by atoms with Gasteiger partial charge in [0.15, 0.2) is 0 Å². The first-order valence-corrected chi connectivity index (χ1v) is 10.8.